The molecular weight excluding hydrogens is 437 g/mol. The molecule has 3 heterocycles. The summed E-state index contributed by atoms with van der Waals surface area (Å²) in [7, 11) is 0. The van der Waals surface area contributed by atoms with Crippen LogP contribution in [0, 0.1) is 0 Å². The van der Waals surface area contributed by atoms with E-state index in [1.165, 1.54) is 51.1 Å². The second-order valence-corrected chi connectivity index (χ2v) is 13.0. The first-order valence-corrected chi connectivity index (χ1v) is 13.7. The second-order valence-electron chi connectivity index (χ2n) is 5.60. The summed E-state index contributed by atoms with van der Waals surface area (Å²) in [5.74, 6) is 2.40. The summed E-state index contributed by atoms with van der Waals surface area (Å²) in [4.78, 5) is 11.5. The SMILES string of the molecule is CCCSC1=C(SCCC)SC(=C2Sc3cc4nccnc4cc3S2)S1. The molecule has 2 aliphatic heterocycles. The van der Waals surface area contributed by atoms with E-state index in [2.05, 4.69) is 35.9 Å². The van der Waals surface area contributed by atoms with Gasteiger partial charge in [-0.2, -0.15) is 0 Å². The van der Waals surface area contributed by atoms with Crippen LogP contribution in [-0.2, 0) is 0 Å². The van der Waals surface area contributed by atoms with Crippen LogP contribution in [0.2, 0.25) is 0 Å². The molecule has 1 aromatic heterocycles. The predicted octanol–water partition coefficient (Wildman–Crippen LogP) is 7.85. The molecule has 0 amide bonds. The van der Waals surface area contributed by atoms with Gasteiger partial charge in [0, 0.05) is 22.2 Å². The molecule has 136 valence electrons. The first-order valence-electron chi connectivity index (χ1n) is 8.48. The van der Waals surface area contributed by atoms with E-state index in [0.717, 1.165) is 11.0 Å². The largest absolute Gasteiger partial charge is 0.253 e. The van der Waals surface area contributed by atoms with Crippen LogP contribution >= 0.6 is 70.6 Å². The van der Waals surface area contributed by atoms with Gasteiger partial charge in [0.25, 0.3) is 0 Å². The van der Waals surface area contributed by atoms with Gasteiger partial charge < -0.3 is 0 Å². The summed E-state index contributed by atoms with van der Waals surface area (Å²) in [5, 5.41) is 0. The third kappa shape index (κ3) is 4.25. The molecule has 0 bridgehead atoms. The van der Waals surface area contributed by atoms with Crippen LogP contribution in [0.4, 0.5) is 0 Å². The van der Waals surface area contributed by atoms with Gasteiger partial charge in [-0.3, -0.25) is 9.97 Å². The monoisotopic (exact) mass is 454 g/mol. The fourth-order valence-corrected chi connectivity index (χ4v) is 10.9. The Morgan fingerprint density at radius 1 is 0.731 bits per heavy atom. The molecule has 8 heteroatoms. The van der Waals surface area contributed by atoms with Gasteiger partial charge in [0.15, 0.2) is 0 Å². The van der Waals surface area contributed by atoms with Gasteiger partial charge in [0.1, 0.15) is 0 Å². The van der Waals surface area contributed by atoms with E-state index in [0.29, 0.717) is 0 Å². The zero-order valence-electron chi connectivity index (χ0n) is 14.5. The van der Waals surface area contributed by atoms with E-state index in [9.17, 15) is 0 Å². The average Bonchev–Trinajstić information content (AvgIpc) is 3.26. The van der Waals surface area contributed by atoms with E-state index in [-0.39, 0.29) is 0 Å². The van der Waals surface area contributed by atoms with Crippen LogP contribution in [0.15, 0.2) is 51.3 Å². The van der Waals surface area contributed by atoms with Crippen molar-refractivity contribution in [2.45, 2.75) is 36.5 Å². The van der Waals surface area contributed by atoms with Crippen molar-refractivity contribution in [3.63, 3.8) is 0 Å². The molecule has 2 aromatic rings. The summed E-state index contributed by atoms with van der Waals surface area (Å²) >= 11 is 11.8. The molecule has 2 aliphatic rings. The first kappa shape index (κ1) is 19.5. The minimum Gasteiger partial charge on any atom is -0.253 e. The maximum Gasteiger partial charge on any atom is 0.0898 e. The number of hydrogen-bond donors (Lipinski definition) is 0. The van der Waals surface area contributed by atoms with E-state index >= 15 is 0 Å². The van der Waals surface area contributed by atoms with E-state index in [4.69, 9.17) is 0 Å². The molecule has 0 saturated carbocycles. The third-order valence-electron chi connectivity index (χ3n) is 3.52. The number of aromatic nitrogens is 2. The summed E-state index contributed by atoms with van der Waals surface area (Å²) in [6.07, 6.45) is 5.97. The van der Waals surface area contributed by atoms with Crippen molar-refractivity contribution in [2.24, 2.45) is 0 Å². The Morgan fingerprint density at radius 3 is 1.65 bits per heavy atom. The molecule has 26 heavy (non-hydrogen) atoms. The highest BCUT2D eigenvalue weighted by Crippen LogP contribution is 2.64. The Labute approximate surface area is 180 Å². The third-order valence-corrected chi connectivity index (χ3v) is 12.5. The lowest BCUT2D eigenvalue weighted by Crippen LogP contribution is -1.82. The highest BCUT2D eigenvalue weighted by molar-refractivity contribution is 8.42. The number of nitrogens with zero attached hydrogens (tertiary/aromatic N) is 2. The molecule has 0 spiro atoms. The van der Waals surface area contributed by atoms with E-state index < -0.39 is 0 Å². The zero-order valence-corrected chi connectivity index (χ0v) is 19.4. The van der Waals surface area contributed by atoms with Gasteiger partial charge in [-0.1, -0.05) is 60.9 Å². The van der Waals surface area contributed by atoms with Crippen LogP contribution in [-0.4, -0.2) is 21.5 Å². The zero-order chi connectivity index (χ0) is 17.9. The standard InChI is InChI=1S/C18H18N2S6/c1-3-7-21-15-16(22-8-4-2)26-18(25-15)17-23-13-9-11-12(10-14(13)24-17)20-6-5-19-11/h5-6,9-10H,3-4,7-8H2,1-2H3. The molecule has 1 aromatic carbocycles. The molecular formula is C18H18N2S6. The molecule has 0 unspecified atom stereocenters. The Kier molecular flexibility index (Phi) is 6.80. The fraction of sp³-hybridized carbons (Fsp3) is 0.333. The van der Waals surface area contributed by atoms with Gasteiger partial charge in [0.2, 0.25) is 0 Å². The molecule has 0 atom stereocenters. The molecule has 0 aliphatic carbocycles. The number of hydrogen-bond acceptors (Lipinski definition) is 8. The molecule has 4 rings (SSSR count). The summed E-state index contributed by atoms with van der Waals surface area (Å²) in [5.41, 5.74) is 1.96. The van der Waals surface area contributed by atoms with Crippen molar-refractivity contribution in [2.75, 3.05) is 11.5 Å². The van der Waals surface area contributed by atoms with E-state index in [1.54, 1.807) is 12.4 Å². The van der Waals surface area contributed by atoms with Gasteiger partial charge in [-0.15, -0.1) is 23.5 Å². The maximum atomic E-state index is 4.45. The van der Waals surface area contributed by atoms with E-state index in [1.807, 2.05) is 70.6 Å². The second kappa shape index (κ2) is 9.09. The summed E-state index contributed by atoms with van der Waals surface area (Å²) < 4.78 is 5.86. The van der Waals surface area contributed by atoms with Gasteiger partial charge >= 0.3 is 0 Å². The number of thioether (sulfide) groups is 6. The van der Waals surface area contributed by atoms with Gasteiger partial charge in [0.05, 0.1) is 28.0 Å². The minimum absolute atomic E-state index is 0.980. The quantitative estimate of drug-likeness (QED) is 0.435. The van der Waals surface area contributed by atoms with Crippen LogP contribution in [0.5, 0.6) is 0 Å². The minimum atomic E-state index is 0.980. The average molecular weight is 455 g/mol. The van der Waals surface area contributed by atoms with Crippen molar-refractivity contribution in [1.29, 1.82) is 0 Å². The number of benzene rings is 1. The Bertz CT molecular complexity index is 824. The summed E-state index contributed by atoms with van der Waals surface area (Å²) in [6, 6.07) is 4.36. The smallest absolute Gasteiger partial charge is 0.0898 e. The number of rotatable bonds is 6. The number of fused-ring (bicyclic) bond motifs is 2. The highest BCUT2D eigenvalue weighted by Gasteiger charge is 2.29. The summed E-state index contributed by atoms with van der Waals surface area (Å²) in [6.45, 7) is 4.51. The van der Waals surface area contributed by atoms with Crippen LogP contribution < -0.4 is 0 Å². The predicted molar refractivity (Wildman–Crippen MR) is 126 cm³/mol. The molecule has 2 nitrogen and oxygen atoms in total. The fourth-order valence-electron chi connectivity index (χ4n) is 2.36. The van der Waals surface area contributed by atoms with Crippen molar-refractivity contribution >= 4 is 81.6 Å². The van der Waals surface area contributed by atoms with Crippen molar-refractivity contribution in [1.82, 2.24) is 9.97 Å². The maximum absolute atomic E-state index is 4.45. The first-order chi connectivity index (χ1) is 12.8. The van der Waals surface area contributed by atoms with Crippen LogP contribution in [0.3, 0.4) is 0 Å². The van der Waals surface area contributed by atoms with Crippen molar-refractivity contribution in [3.8, 4) is 0 Å². The molecule has 0 saturated heterocycles. The van der Waals surface area contributed by atoms with Gasteiger partial charge in [-0.25, -0.2) is 0 Å². The molecule has 0 fully saturated rings. The van der Waals surface area contributed by atoms with Gasteiger partial charge in [-0.05, 0) is 36.5 Å². The highest BCUT2D eigenvalue weighted by atomic mass is 32.3. The normalized spacial score (nSPS) is 16.8. The lowest BCUT2D eigenvalue weighted by Gasteiger charge is -2.02. The Morgan fingerprint density at radius 2 is 1.19 bits per heavy atom. The molecule has 0 radical (unpaired) electrons. The molecule has 0 N–H and O–H groups in total. The van der Waals surface area contributed by atoms with Crippen LogP contribution in [0.25, 0.3) is 11.0 Å². The van der Waals surface area contributed by atoms with Crippen molar-refractivity contribution < 1.29 is 0 Å². The topological polar surface area (TPSA) is 25.8 Å². The Hall–Kier alpha value is 0.140. The van der Waals surface area contributed by atoms with Crippen LogP contribution in [0.1, 0.15) is 26.7 Å². The lowest BCUT2D eigenvalue weighted by molar-refractivity contribution is 1.11. The van der Waals surface area contributed by atoms with Crippen molar-refractivity contribution in [3.05, 3.63) is 41.5 Å². The Balaban J connectivity index is 1.57. The lowest BCUT2D eigenvalue weighted by atomic mass is 10.3.